The van der Waals surface area contributed by atoms with Crippen LogP contribution in [0.1, 0.15) is 67.2 Å². The van der Waals surface area contributed by atoms with E-state index in [4.69, 9.17) is 0 Å². The van der Waals surface area contributed by atoms with Crippen LogP contribution < -0.4 is 0 Å². The van der Waals surface area contributed by atoms with Crippen LogP contribution in [0.25, 0.3) is 0 Å². The molecule has 0 saturated carbocycles. The highest BCUT2D eigenvalue weighted by atomic mass is 16.3. The number of allylic oxidation sites excluding steroid dienone is 6. The van der Waals surface area contributed by atoms with Crippen molar-refractivity contribution in [3.8, 4) is 0 Å². The Morgan fingerprint density at radius 1 is 0.708 bits per heavy atom. The van der Waals surface area contributed by atoms with Crippen molar-refractivity contribution in [1.82, 2.24) is 4.90 Å². The quantitative estimate of drug-likeness (QED) is 0.465. The van der Waals surface area contributed by atoms with E-state index in [1.807, 2.05) is 0 Å². The van der Waals surface area contributed by atoms with Gasteiger partial charge in [-0.25, -0.2) is 0 Å². The monoisotopic (exact) mass is 333 g/mol. The lowest BCUT2D eigenvalue weighted by atomic mass is 10.1. The Bertz CT molecular complexity index is 407. The molecular formula is C22H39NO. The van der Waals surface area contributed by atoms with Gasteiger partial charge in [-0.15, -0.1) is 0 Å². The zero-order valence-electron chi connectivity index (χ0n) is 16.9. The highest BCUT2D eigenvalue weighted by molar-refractivity contribution is 5.05. The molecule has 0 saturated heterocycles. The predicted molar refractivity (Wildman–Crippen MR) is 108 cm³/mol. The highest BCUT2D eigenvalue weighted by Crippen LogP contribution is 2.09. The molecule has 0 fully saturated rings. The Morgan fingerprint density at radius 3 is 1.46 bits per heavy atom. The molecule has 2 nitrogen and oxygen atoms in total. The first-order valence-corrected chi connectivity index (χ1v) is 9.26. The second-order valence-corrected chi connectivity index (χ2v) is 7.22. The van der Waals surface area contributed by atoms with Crippen LogP contribution >= 0.6 is 0 Å². The Morgan fingerprint density at radius 2 is 1.12 bits per heavy atom. The summed E-state index contributed by atoms with van der Waals surface area (Å²) in [5.41, 5.74) is 5.64. The first-order valence-electron chi connectivity index (χ1n) is 9.26. The normalized spacial score (nSPS) is 12.5. The molecule has 0 atom stereocenters. The largest absolute Gasteiger partial charge is 0.395 e. The van der Waals surface area contributed by atoms with Crippen LogP contribution in [-0.4, -0.2) is 36.2 Å². The number of aliphatic hydroxyl groups is 1. The minimum absolute atomic E-state index is 0.218. The van der Waals surface area contributed by atoms with Crippen LogP contribution in [0.3, 0.4) is 0 Å². The maximum absolute atomic E-state index is 9.27. The second kappa shape index (κ2) is 14.2. The lowest BCUT2D eigenvalue weighted by Gasteiger charge is -2.18. The van der Waals surface area contributed by atoms with E-state index in [-0.39, 0.29) is 6.61 Å². The Kier molecular flexibility index (Phi) is 13.6. The molecule has 0 amide bonds. The van der Waals surface area contributed by atoms with Gasteiger partial charge < -0.3 is 5.11 Å². The Balaban J connectivity index is 4.37. The Hall–Kier alpha value is -1.12. The van der Waals surface area contributed by atoms with Gasteiger partial charge in [0.2, 0.25) is 0 Å². The fourth-order valence-corrected chi connectivity index (χ4v) is 2.35. The molecule has 0 aromatic carbocycles. The van der Waals surface area contributed by atoms with Gasteiger partial charge in [0.15, 0.2) is 0 Å². The molecule has 0 radical (unpaired) electrons. The molecule has 0 bridgehead atoms. The standard InChI is InChI=1S/C22H39NO/c1-19(2)9-7-11-21(5)13-15-23(17-18-24)16-14-22(6)12-8-10-20(3)4/h9-10,13-14,24H,7-8,11-12,15-18H2,1-6H3. The molecule has 0 aromatic heterocycles. The summed E-state index contributed by atoms with van der Waals surface area (Å²) >= 11 is 0. The number of rotatable bonds is 12. The number of aliphatic hydroxyl groups excluding tert-OH is 1. The maximum Gasteiger partial charge on any atom is 0.0558 e. The zero-order valence-corrected chi connectivity index (χ0v) is 16.9. The second-order valence-electron chi connectivity index (χ2n) is 7.22. The summed E-state index contributed by atoms with van der Waals surface area (Å²) in [5.74, 6) is 0. The van der Waals surface area contributed by atoms with Crippen LogP contribution in [0.2, 0.25) is 0 Å². The van der Waals surface area contributed by atoms with Crippen LogP contribution in [0.15, 0.2) is 46.6 Å². The van der Waals surface area contributed by atoms with Crippen molar-refractivity contribution < 1.29 is 5.11 Å². The molecule has 0 aromatic rings. The molecule has 0 heterocycles. The predicted octanol–water partition coefficient (Wildman–Crippen LogP) is 5.67. The SMILES string of the molecule is CC(C)=CCCC(C)=CCN(CC=C(C)CCC=C(C)C)CCO. The minimum atomic E-state index is 0.218. The first kappa shape index (κ1) is 22.9. The summed E-state index contributed by atoms with van der Waals surface area (Å²) in [6.07, 6.45) is 13.7. The van der Waals surface area contributed by atoms with Crippen LogP contribution in [0, 0.1) is 0 Å². The highest BCUT2D eigenvalue weighted by Gasteiger charge is 2.01. The van der Waals surface area contributed by atoms with E-state index in [2.05, 4.69) is 70.7 Å². The van der Waals surface area contributed by atoms with Crippen molar-refractivity contribution in [2.75, 3.05) is 26.2 Å². The minimum Gasteiger partial charge on any atom is -0.395 e. The number of hydrogen-bond donors (Lipinski definition) is 1. The third-order valence-electron chi connectivity index (χ3n) is 3.99. The van der Waals surface area contributed by atoms with Crippen molar-refractivity contribution in [3.05, 3.63) is 46.6 Å². The summed E-state index contributed by atoms with van der Waals surface area (Å²) in [6.45, 7) is 15.8. The van der Waals surface area contributed by atoms with E-state index in [0.717, 1.165) is 45.3 Å². The summed E-state index contributed by atoms with van der Waals surface area (Å²) in [7, 11) is 0. The first-order chi connectivity index (χ1) is 11.3. The summed E-state index contributed by atoms with van der Waals surface area (Å²) in [5, 5.41) is 9.27. The van der Waals surface area contributed by atoms with Gasteiger partial charge >= 0.3 is 0 Å². The van der Waals surface area contributed by atoms with Gasteiger partial charge in [-0.1, -0.05) is 46.6 Å². The third-order valence-corrected chi connectivity index (χ3v) is 3.99. The molecule has 2 heteroatoms. The number of hydrogen-bond acceptors (Lipinski definition) is 2. The van der Waals surface area contributed by atoms with Gasteiger partial charge in [0.1, 0.15) is 0 Å². The fraction of sp³-hybridized carbons (Fsp3) is 0.636. The van der Waals surface area contributed by atoms with E-state index in [0.29, 0.717) is 0 Å². The lowest BCUT2D eigenvalue weighted by molar-refractivity contribution is 0.220. The van der Waals surface area contributed by atoms with Crippen LogP contribution in [-0.2, 0) is 0 Å². The van der Waals surface area contributed by atoms with Gasteiger partial charge in [0.25, 0.3) is 0 Å². The maximum atomic E-state index is 9.27. The average Bonchev–Trinajstić information content (AvgIpc) is 2.49. The molecular weight excluding hydrogens is 294 g/mol. The van der Waals surface area contributed by atoms with Gasteiger partial charge in [-0.05, 0) is 67.2 Å². The smallest absolute Gasteiger partial charge is 0.0558 e. The van der Waals surface area contributed by atoms with Gasteiger partial charge in [0, 0.05) is 19.6 Å². The van der Waals surface area contributed by atoms with E-state index in [9.17, 15) is 5.11 Å². The van der Waals surface area contributed by atoms with Crippen LogP contribution in [0.4, 0.5) is 0 Å². The molecule has 0 aliphatic heterocycles. The van der Waals surface area contributed by atoms with E-state index in [1.165, 1.54) is 22.3 Å². The lowest BCUT2D eigenvalue weighted by Crippen LogP contribution is -2.27. The molecule has 0 rings (SSSR count). The summed E-state index contributed by atoms with van der Waals surface area (Å²) in [4.78, 5) is 2.30. The fourth-order valence-electron chi connectivity index (χ4n) is 2.35. The van der Waals surface area contributed by atoms with E-state index >= 15 is 0 Å². The summed E-state index contributed by atoms with van der Waals surface area (Å²) in [6, 6.07) is 0. The molecule has 0 aliphatic carbocycles. The Labute approximate surface area is 150 Å². The van der Waals surface area contributed by atoms with Gasteiger partial charge in [-0.2, -0.15) is 0 Å². The molecule has 0 unspecified atom stereocenters. The number of nitrogens with zero attached hydrogens (tertiary/aromatic N) is 1. The average molecular weight is 334 g/mol. The zero-order chi connectivity index (χ0) is 18.4. The molecule has 0 spiro atoms. The van der Waals surface area contributed by atoms with Crippen molar-refractivity contribution in [2.45, 2.75) is 67.2 Å². The van der Waals surface area contributed by atoms with Crippen molar-refractivity contribution in [2.24, 2.45) is 0 Å². The van der Waals surface area contributed by atoms with Crippen molar-refractivity contribution in [1.29, 1.82) is 0 Å². The van der Waals surface area contributed by atoms with Gasteiger partial charge in [-0.3, -0.25) is 4.90 Å². The molecule has 138 valence electrons. The van der Waals surface area contributed by atoms with Crippen LogP contribution in [0.5, 0.6) is 0 Å². The van der Waals surface area contributed by atoms with Crippen molar-refractivity contribution >= 4 is 0 Å². The third kappa shape index (κ3) is 14.5. The molecule has 24 heavy (non-hydrogen) atoms. The molecule has 1 N–H and O–H groups in total. The topological polar surface area (TPSA) is 23.5 Å². The molecule has 0 aliphatic rings. The van der Waals surface area contributed by atoms with E-state index < -0.39 is 0 Å². The summed E-state index contributed by atoms with van der Waals surface area (Å²) < 4.78 is 0. The van der Waals surface area contributed by atoms with Crippen molar-refractivity contribution in [3.63, 3.8) is 0 Å². The van der Waals surface area contributed by atoms with E-state index in [1.54, 1.807) is 0 Å². The van der Waals surface area contributed by atoms with Gasteiger partial charge in [0.05, 0.1) is 6.61 Å².